The lowest BCUT2D eigenvalue weighted by atomic mass is 9.92. The van der Waals surface area contributed by atoms with Gasteiger partial charge in [0.05, 0.1) is 42.3 Å². The highest BCUT2D eigenvalue weighted by Crippen LogP contribution is 2.36. The summed E-state index contributed by atoms with van der Waals surface area (Å²) in [6, 6.07) is 49.0. The van der Waals surface area contributed by atoms with Crippen LogP contribution >= 0.6 is 0 Å². The zero-order valence-electron chi connectivity index (χ0n) is 46.4. The first-order valence-electron chi connectivity index (χ1n) is 25.6. The Bertz CT molecular complexity index is 3860. The molecule has 444 valence electrons. The standard InChI is InChI=1S/C16H18O2S.C13H5F7.C13H12O.C12H10O2S.C7H5N.C6H2F4/c1-11-5-12(2)8-15(7-11)19(17,18)16-9-13(3)6-14(4)10-16;1-4-2-5(14)11(18)8(10(4)17)9-12(19)6(15)3-7(16)13(9)20;14-13(11-7-3-1-4-8-11)12-9-5-2-6-10-12;13-15(14,11-7-3-1-4-8-11)12-9-5-2-6-10-12;8-6-7-4-2-1-3-5-7;7-3-1-4(8)6(10)2-5(3)9/h5-10H,1-4H3;2-3H,1H3;1-9,12H,10H2;1-10H;1-5H;1-2H. The van der Waals surface area contributed by atoms with Gasteiger partial charge in [-0.15, -0.1) is 0 Å². The number of carbonyl (C=O) groups excluding carboxylic acids is 1. The molecule has 1 aliphatic carbocycles. The third kappa shape index (κ3) is 18.4. The van der Waals surface area contributed by atoms with E-state index in [1.807, 2.05) is 119 Å². The minimum Gasteiger partial charge on any atom is -0.294 e. The third-order valence-electron chi connectivity index (χ3n) is 12.1. The van der Waals surface area contributed by atoms with Crippen LogP contribution in [0.1, 0.15) is 50.2 Å². The van der Waals surface area contributed by atoms with Crippen LogP contribution in [0.3, 0.4) is 0 Å². The molecule has 0 saturated heterocycles. The summed E-state index contributed by atoms with van der Waals surface area (Å²) in [7, 11) is -6.77. The van der Waals surface area contributed by atoms with Crippen molar-refractivity contribution >= 4 is 25.5 Å². The van der Waals surface area contributed by atoms with Crippen molar-refractivity contribution in [2.45, 2.75) is 60.6 Å². The molecular formula is C67H52F11NO5S2. The molecule has 1 aliphatic rings. The topological polar surface area (TPSA) is 109 Å². The number of sulfone groups is 2. The minimum atomic E-state index is -3.43. The number of aryl methyl sites for hydroxylation is 5. The van der Waals surface area contributed by atoms with Crippen LogP contribution in [-0.4, -0.2) is 22.6 Å². The Morgan fingerprint density at radius 2 is 0.744 bits per heavy atom. The number of halogens is 11. The smallest absolute Gasteiger partial charge is 0.206 e. The SMILES string of the molecule is Cc1cc(C)cc(S(=O)(=O)c2cc(C)cc(C)c2)c1.Cc1cc(F)c(F)c(-c2c(F)c(F)cc(F)c2F)c1F.Fc1cc(F)c(F)cc1F.N#Cc1ccccc1.O=C(c1ccccc1)C1C=CC=CC1.O=S(=O)(c1ccccc1)c1ccccc1. The second kappa shape index (κ2) is 31.1. The van der Waals surface area contributed by atoms with E-state index in [-0.39, 0.29) is 29.9 Å². The number of Topliss-reactive ketones (excluding diaryl/α,β-unsaturated/α-hetero) is 1. The monoisotopic (exact) mass is 1220 g/mol. The molecule has 0 fully saturated rings. The van der Waals surface area contributed by atoms with Gasteiger partial charge in [-0.2, -0.15) is 5.26 Å². The summed E-state index contributed by atoms with van der Waals surface area (Å²) in [5.41, 5.74) is 1.78. The number of nitrogens with zero attached hydrogens (tertiary/aromatic N) is 1. The van der Waals surface area contributed by atoms with Gasteiger partial charge in [0.2, 0.25) is 19.7 Å². The van der Waals surface area contributed by atoms with Crippen molar-refractivity contribution in [3.05, 3.63) is 309 Å². The normalized spacial score (nSPS) is 12.2. The van der Waals surface area contributed by atoms with E-state index < -0.39 is 100 Å². The van der Waals surface area contributed by atoms with Crippen LogP contribution in [0.25, 0.3) is 11.1 Å². The number of hydrogen-bond donors (Lipinski definition) is 0. The zero-order valence-corrected chi connectivity index (χ0v) is 48.0. The third-order valence-corrected chi connectivity index (χ3v) is 15.6. The summed E-state index contributed by atoms with van der Waals surface area (Å²) in [5, 5.41) is 8.29. The number of rotatable bonds is 7. The van der Waals surface area contributed by atoms with Crippen molar-refractivity contribution in [2.24, 2.45) is 5.92 Å². The highest BCUT2D eigenvalue weighted by molar-refractivity contribution is 7.91. The zero-order chi connectivity index (χ0) is 63.5. The van der Waals surface area contributed by atoms with Crippen molar-refractivity contribution < 1.29 is 69.9 Å². The Balaban J connectivity index is 0.000000193. The second-order valence-electron chi connectivity index (χ2n) is 18.8. The van der Waals surface area contributed by atoms with Crippen LogP contribution < -0.4 is 0 Å². The van der Waals surface area contributed by atoms with E-state index in [1.165, 1.54) is 0 Å². The van der Waals surface area contributed by atoms with Crippen LogP contribution in [-0.2, 0) is 19.7 Å². The Labute approximate surface area is 491 Å². The lowest BCUT2D eigenvalue weighted by Crippen LogP contribution is -2.12. The average molecular weight is 1220 g/mol. The van der Waals surface area contributed by atoms with Crippen molar-refractivity contribution in [1.29, 1.82) is 5.26 Å². The molecule has 10 rings (SSSR count). The van der Waals surface area contributed by atoms with Crippen LogP contribution in [0.2, 0.25) is 0 Å². The molecule has 9 aromatic carbocycles. The molecular weight excluding hydrogens is 1170 g/mol. The Kier molecular flexibility index (Phi) is 24.4. The Morgan fingerprint density at radius 1 is 0.407 bits per heavy atom. The highest BCUT2D eigenvalue weighted by Gasteiger charge is 2.28. The molecule has 0 bridgehead atoms. The lowest BCUT2D eigenvalue weighted by Gasteiger charge is -2.11. The Hall–Kier alpha value is -9.25. The van der Waals surface area contributed by atoms with Crippen LogP contribution in [0.15, 0.2) is 226 Å². The molecule has 0 heterocycles. The molecule has 19 heteroatoms. The maximum Gasteiger partial charge on any atom is 0.206 e. The van der Waals surface area contributed by atoms with E-state index in [2.05, 4.69) is 0 Å². The molecule has 0 radical (unpaired) electrons. The molecule has 6 nitrogen and oxygen atoms in total. The summed E-state index contributed by atoms with van der Waals surface area (Å²) in [4.78, 5) is 13.3. The van der Waals surface area contributed by atoms with Gasteiger partial charge >= 0.3 is 0 Å². The van der Waals surface area contributed by atoms with Crippen LogP contribution in [0.4, 0.5) is 48.3 Å². The second-order valence-corrected chi connectivity index (χ2v) is 22.7. The summed E-state index contributed by atoms with van der Waals surface area (Å²) >= 11 is 0. The Morgan fingerprint density at radius 3 is 1.10 bits per heavy atom. The van der Waals surface area contributed by atoms with Gasteiger partial charge in [-0.25, -0.2) is 65.1 Å². The van der Waals surface area contributed by atoms with Gasteiger partial charge in [-0.05, 0) is 136 Å². The molecule has 0 spiro atoms. The molecule has 0 amide bonds. The van der Waals surface area contributed by atoms with Gasteiger partial charge in [-0.3, -0.25) is 4.79 Å². The van der Waals surface area contributed by atoms with E-state index in [9.17, 15) is 69.9 Å². The van der Waals surface area contributed by atoms with Crippen molar-refractivity contribution in [2.75, 3.05) is 0 Å². The predicted molar refractivity (Wildman–Crippen MR) is 307 cm³/mol. The first-order valence-corrected chi connectivity index (χ1v) is 28.6. The number of nitriles is 1. The average Bonchev–Trinajstić information content (AvgIpc) is 2.37. The molecule has 0 aromatic heterocycles. The fraction of sp³-hybridized carbons (Fsp3) is 0.104. The maximum atomic E-state index is 13.8. The molecule has 0 N–H and O–H groups in total. The molecule has 0 aliphatic heterocycles. The van der Waals surface area contributed by atoms with E-state index in [4.69, 9.17) is 5.26 Å². The fourth-order valence-corrected chi connectivity index (χ4v) is 10.9. The van der Waals surface area contributed by atoms with Crippen LogP contribution in [0, 0.1) is 116 Å². The van der Waals surface area contributed by atoms with Gasteiger partial charge in [0.25, 0.3) is 0 Å². The number of hydrogen-bond acceptors (Lipinski definition) is 6. The van der Waals surface area contributed by atoms with E-state index in [1.54, 1.807) is 97.1 Å². The molecule has 9 aromatic rings. The quantitative estimate of drug-likeness (QED) is 0.0893. The first-order chi connectivity index (χ1) is 40.7. The molecule has 0 saturated carbocycles. The van der Waals surface area contributed by atoms with Gasteiger partial charge < -0.3 is 0 Å². The summed E-state index contributed by atoms with van der Waals surface area (Å²) < 4.78 is 191. The van der Waals surface area contributed by atoms with Gasteiger partial charge in [0, 0.05) is 29.7 Å². The molecule has 1 unspecified atom stereocenters. The van der Waals surface area contributed by atoms with Gasteiger partial charge in [0.15, 0.2) is 64.0 Å². The maximum absolute atomic E-state index is 13.8. The molecule has 1 atom stereocenters. The van der Waals surface area contributed by atoms with E-state index in [0.717, 1.165) is 41.2 Å². The summed E-state index contributed by atoms with van der Waals surface area (Å²) in [6.07, 6.45) is 8.74. The summed E-state index contributed by atoms with van der Waals surface area (Å²) in [5.74, 6) is -18.1. The number of benzene rings is 9. The van der Waals surface area contributed by atoms with Crippen molar-refractivity contribution in [1.82, 2.24) is 0 Å². The predicted octanol–water partition coefficient (Wildman–Crippen LogP) is 17.7. The van der Waals surface area contributed by atoms with Gasteiger partial charge in [0.1, 0.15) is 5.82 Å². The van der Waals surface area contributed by atoms with Crippen LogP contribution in [0.5, 0.6) is 0 Å². The molecule has 86 heavy (non-hydrogen) atoms. The highest BCUT2D eigenvalue weighted by atomic mass is 32.2. The van der Waals surface area contributed by atoms with Gasteiger partial charge in [-0.1, -0.05) is 121 Å². The number of carbonyl (C=O) groups is 1. The number of allylic oxidation sites excluding steroid dienone is 4. The van der Waals surface area contributed by atoms with Crippen molar-refractivity contribution in [3.63, 3.8) is 0 Å². The van der Waals surface area contributed by atoms with Crippen molar-refractivity contribution in [3.8, 4) is 17.2 Å². The lowest BCUT2D eigenvalue weighted by molar-refractivity contribution is 0.0945. The van der Waals surface area contributed by atoms with E-state index >= 15 is 0 Å². The first kappa shape index (κ1) is 67.5. The largest absolute Gasteiger partial charge is 0.294 e. The minimum absolute atomic E-state index is 0.0300. The van der Waals surface area contributed by atoms with E-state index in [0.29, 0.717) is 31.2 Å². The summed E-state index contributed by atoms with van der Waals surface area (Å²) in [6.45, 7) is 8.65. The number of ketones is 1. The fourth-order valence-electron chi connectivity index (χ4n) is 7.99.